The monoisotopic (exact) mass is 868 g/mol. The summed E-state index contributed by atoms with van der Waals surface area (Å²) in [6, 6.07) is 32.5. The summed E-state index contributed by atoms with van der Waals surface area (Å²) in [4.78, 5) is 53.4. The van der Waals surface area contributed by atoms with Gasteiger partial charge in [-0.15, -0.1) is 0 Å². The van der Waals surface area contributed by atoms with Crippen LogP contribution in [-0.4, -0.2) is 77.6 Å². The minimum Gasteiger partial charge on any atom is -0.460 e. The zero-order chi connectivity index (χ0) is 44.8. The largest absolute Gasteiger partial charge is 0.460 e. The number of benzene rings is 4. The molecule has 12 heteroatoms. The number of carbonyl (C=O) groups is 4. The van der Waals surface area contributed by atoms with E-state index in [1.807, 2.05) is 72.8 Å². The van der Waals surface area contributed by atoms with E-state index in [-0.39, 0.29) is 32.4 Å². The first kappa shape index (κ1) is 44.7. The lowest BCUT2D eigenvalue weighted by Gasteiger charge is -2.31. The van der Waals surface area contributed by atoms with E-state index in [2.05, 4.69) is 22.8 Å². The first-order chi connectivity index (χ1) is 30.9. The third kappa shape index (κ3) is 10.9. The van der Waals surface area contributed by atoms with Crippen LogP contribution in [0, 0.1) is 5.92 Å². The van der Waals surface area contributed by atoms with E-state index >= 15 is 0 Å². The van der Waals surface area contributed by atoms with Crippen LogP contribution >= 0.6 is 0 Å². The number of rotatable bonds is 15. The van der Waals surface area contributed by atoms with Crippen LogP contribution < -0.4 is 10.6 Å². The van der Waals surface area contributed by atoms with Gasteiger partial charge in [0.1, 0.15) is 23.9 Å². The Labute approximate surface area is 374 Å². The van der Waals surface area contributed by atoms with Crippen molar-refractivity contribution in [1.29, 1.82) is 0 Å². The first-order valence-corrected chi connectivity index (χ1v) is 22.2. The molecular weight excluding hydrogens is 813 g/mol. The van der Waals surface area contributed by atoms with Crippen molar-refractivity contribution in [2.24, 2.45) is 5.92 Å². The van der Waals surface area contributed by atoms with Crippen LogP contribution in [0.1, 0.15) is 102 Å². The fourth-order valence-corrected chi connectivity index (χ4v) is 8.67. The van der Waals surface area contributed by atoms with Gasteiger partial charge in [-0.05, 0) is 93.8 Å². The van der Waals surface area contributed by atoms with E-state index in [4.69, 9.17) is 23.7 Å². The van der Waals surface area contributed by atoms with Crippen LogP contribution in [0.3, 0.4) is 0 Å². The maximum absolute atomic E-state index is 14.0. The van der Waals surface area contributed by atoms with Gasteiger partial charge in [-0.1, -0.05) is 97.1 Å². The molecule has 3 fully saturated rings. The molecule has 8 rings (SSSR count). The molecule has 0 bridgehead atoms. The van der Waals surface area contributed by atoms with Crippen molar-refractivity contribution in [1.82, 2.24) is 10.6 Å². The fourth-order valence-electron chi connectivity index (χ4n) is 8.67. The van der Waals surface area contributed by atoms with Crippen molar-refractivity contribution in [3.63, 3.8) is 0 Å². The second kappa shape index (κ2) is 19.4. The number of amides is 2. The average Bonchev–Trinajstić information content (AvgIpc) is 3.97. The predicted octanol–water partition coefficient (Wildman–Crippen LogP) is 7.34. The van der Waals surface area contributed by atoms with Gasteiger partial charge in [-0.3, -0.25) is 14.4 Å². The van der Waals surface area contributed by atoms with Gasteiger partial charge >= 0.3 is 11.9 Å². The lowest BCUT2D eigenvalue weighted by Crippen LogP contribution is -2.43. The molecular formula is C52H56N2O10. The quantitative estimate of drug-likeness (QED) is 0.0815. The highest BCUT2D eigenvalue weighted by Gasteiger charge is 2.55. The molecule has 3 N–H and O–H groups in total. The highest BCUT2D eigenvalue weighted by Crippen LogP contribution is 2.47. The Kier molecular flexibility index (Phi) is 13.6. The van der Waals surface area contributed by atoms with Gasteiger partial charge in [0.2, 0.25) is 11.7 Å². The van der Waals surface area contributed by atoms with Gasteiger partial charge in [0, 0.05) is 41.6 Å². The Morgan fingerprint density at radius 2 is 1.56 bits per heavy atom. The normalized spacial score (nSPS) is 23.8. The van der Waals surface area contributed by atoms with Crippen molar-refractivity contribution >= 4 is 29.8 Å². The molecule has 3 unspecified atom stereocenters. The van der Waals surface area contributed by atoms with E-state index in [9.17, 15) is 24.3 Å². The summed E-state index contributed by atoms with van der Waals surface area (Å²) in [6.45, 7) is 5.06. The fraction of sp³-hybridized carbons (Fsp3) is 0.385. The molecule has 1 saturated carbocycles. The minimum absolute atomic E-state index is 0.0335. The van der Waals surface area contributed by atoms with E-state index in [1.165, 1.54) is 0 Å². The van der Waals surface area contributed by atoms with Crippen molar-refractivity contribution in [2.45, 2.75) is 114 Å². The second-order valence-electron chi connectivity index (χ2n) is 18.0. The number of hydrogen-bond donors (Lipinski definition) is 3. The van der Waals surface area contributed by atoms with E-state index in [1.54, 1.807) is 63.2 Å². The van der Waals surface area contributed by atoms with Crippen LogP contribution in [0.4, 0.5) is 0 Å². The number of carbonyl (C=O) groups excluding carboxylic acids is 4. The number of aliphatic hydroxyl groups is 1. The van der Waals surface area contributed by atoms with Crippen molar-refractivity contribution in [2.75, 3.05) is 6.61 Å². The lowest BCUT2D eigenvalue weighted by atomic mass is 9.89. The molecule has 0 aromatic heterocycles. The van der Waals surface area contributed by atoms with Gasteiger partial charge in [0.05, 0.1) is 30.4 Å². The Hall–Kier alpha value is -5.92. The number of allylic oxidation sites excluding steroid dienone is 1. The van der Waals surface area contributed by atoms with Crippen LogP contribution in [0.25, 0.3) is 6.08 Å². The smallest absolute Gasteiger partial charge is 0.338 e. The molecule has 4 aromatic carbocycles. The number of esters is 2. The van der Waals surface area contributed by atoms with E-state index in [0.717, 1.165) is 36.0 Å². The topological polar surface area (TPSA) is 162 Å². The molecule has 2 heterocycles. The Morgan fingerprint density at radius 1 is 0.844 bits per heavy atom. The van der Waals surface area contributed by atoms with Gasteiger partial charge in [0.25, 0.3) is 5.91 Å². The van der Waals surface area contributed by atoms with Crippen molar-refractivity contribution < 1.29 is 48.0 Å². The van der Waals surface area contributed by atoms with Crippen molar-refractivity contribution in [3.8, 4) is 0 Å². The molecule has 2 saturated heterocycles. The van der Waals surface area contributed by atoms with Crippen LogP contribution in [0.2, 0.25) is 0 Å². The highest BCUT2D eigenvalue weighted by molar-refractivity contribution is 5.95. The van der Waals surface area contributed by atoms with Crippen LogP contribution in [0.5, 0.6) is 0 Å². The number of fused-ring (bicyclic) bond motifs is 2. The Balaban J connectivity index is 0.966. The summed E-state index contributed by atoms with van der Waals surface area (Å²) in [6.07, 6.45) is 8.07. The third-order valence-electron chi connectivity index (χ3n) is 12.0. The SMILES string of the molecule is CC(C)(C)OC(=O)CC[C@@H](CO)NC(=O)c1cccc(CNC(=O)C2=C[C@H]3OC(c4ccccc4)(c4ccccc4)O[C@H]3[C@H](OC(=O)c3ccc(C=CC4CCC5OC5C4)cc3)C2)c1. The molecule has 7 atom stereocenters. The lowest BCUT2D eigenvalue weighted by molar-refractivity contribution is -0.157. The molecule has 12 nitrogen and oxygen atoms in total. The zero-order valence-corrected chi connectivity index (χ0v) is 36.4. The molecule has 4 aromatic rings. The molecule has 0 spiro atoms. The second-order valence-corrected chi connectivity index (χ2v) is 18.0. The van der Waals surface area contributed by atoms with E-state index < -0.39 is 59.5 Å². The number of hydrogen-bond acceptors (Lipinski definition) is 10. The van der Waals surface area contributed by atoms with Crippen LogP contribution in [-0.2, 0) is 45.6 Å². The van der Waals surface area contributed by atoms with E-state index in [0.29, 0.717) is 40.4 Å². The highest BCUT2D eigenvalue weighted by atomic mass is 16.8. The van der Waals surface area contributed by atoms with Gasteiger partial charge in [-0.25, -0.2) is 4.79 Å². The predicted molar refractivity (Wildman–Crippen MR) is 238 cm³/mol. The van der Waals surface area contributed by atoms with Gasteiger partial charge in [-0.2, -0.15) is 0 Å². The molecule has 0 radical (unpaired) electrons. The molecule has 334 valence electrons. The Bertz CT molecular complexity index is 2320. The zero-order valence-electron chi connectivity index (χ0n) is 36.4. The number of ether oxygens (including phenoxy) is 5. The first-order valence-electron chi connectivity index (χ1n) is 22.2. The van der Waals surface area contributed by atoms with Gasteiger partial charge < -0.3 is 39.4 Å². The Morgan fingerprint density at radius 3 is 2.23 bits per heavy atom. The summed E-state index contributed by atoms with van der Waals surface area (Å²) >= 11 is 0. The molecule has 2 amide bonds. The minimum atomic E-state index is -1.35. The summed E-state index contributed by atoms with van der Waals surface area (Å²) in [7, 11) is 0. The summed E-state index contributed by atoms with van der Waals surface area (Å²) in [5.74, 6) is -2.66. The number of epoxide rings is 1. The summed E-state index contributed by atoms with van der Waals surface area (Å²) in [5, 5.41) is 15.7. The molecule has 2 aliphatic carbocycles. The molecule has 4 aliphatic rings. The average molecular weight is 869 g/mol. The summed E-state index contributed by atoms with van der Waals surface area (Å²) < 4.78 is 31.0. The van der Waals surface area contributed by atoms with Crippen LogP contribution in [0.15, 0.2) is 127 Å². The number of aliphatic hydroxyl groups excluding tert-OH is 1. The standard InChI is InChI=1S/C52H56N2O10/c1-51(2,3)63-46(56)26-24-41(32-55)54-49(58)37-12-10-11-35(27-37)31-53-48(57)38-29-44(61-50(59)36-22-19-33(20-23-36)17-18-34-21-25-42-43(28-34)60-42)47-45(30-38)62-52(64-47,39-13-6-4-7-14-39)40-15-8-5-9-16-40/h4-20,22-23,27,30,34,41-45,47,55H,21,24-26,28-29,31-32H2,1-3H3,(H,53,57)(H,54,58)/t34?,41-,42?,43?,44+,45+,47-/m0/s1. The molecule has 2 aliphatic heterocycles. The van der Waals surface area contributed by atoms with Crippen molar-refractivity contribution in [3.05, 3.63) is 160 Å². The summed E-state index contributed by atoms with van der Waals surface area (Å²) in [5.41, 5.74) is 3.55. The molecule has 64 heavy (non-hydrogen) atoms. The number of nitrogens with one attached hydrogen (secondary N) is 2. The maximum atomic E-state index is 14.0. The third-order valence-corrected chi connectivity index (χ3v) is 12.0. The van der Waals surface area contributed by atoms with Gasteiger partial charge in [0.15, 0.2) is 0 Å². The maximum Gasteiger partial charge on any atom is 0.338 e.